The Morgan fingerprint density at radius 2 is 2.00 bits per heavy atom. The molecule has 0 radical (unpaired) electrons. The maximum atomic E-state index is 12.8. The third-order valence-electron chi connectivity index (χ3n) is 4.75. The van der Waals surface area contributed by atoms with Crippen molar-refractivity contribution in [3.63, 3.8) is 0 Å². The molecule has 0 N–H and O–H groups in total. The fourth-order valence-corrected chi connectivity index (χ4v) is 4.70. The third-order valence-corrected chi connectivity index (χ3v) is 6.49. The van der Waals surface area contributed by atoms with Crippen molar-refractivity contribution in [3.05, 3.63) is 47.9 Å². The van der Waals surface area contributed by atoms with Crippen molar-refractivity contribution in [1.82, 2.24) is 13.9 Å². The van der Waals surface area contributed by atoms with Crippen LogP contribution < -0.4 is 0 Å². The molecule has 2 heterocycles. The van der Waals surface area contributed by atoms with Crippen LogP contribution in [0, 0.1) is 12.8 Å². The predicted octanol–water partition coefficient (Wildman–Crippen LogP) is 1.94. The zero-order valence-corrected chi connectivity index (χ0v) is 15.4. The smallest absolute Gasteiger partial charge is 0.262 e. The second kappa shape index (κ2) is 7.09. The summed E-state index contributed by atoms with van der Waals surface area (Å²) in [6, 6.07) is 9.57. The summed E-state index contributed by atoms with van der Waals surface area (Å²) in [5.74, 6) is 0.490. The van der Waals surface area contributed by atoms with Crippen molar-refractivity contribution in [1.29, 1.82) is 0 Å². The molecule has 1 fully saturated rings. The van der Waals surface area contributed by atoms with Crippen LogP contribution in [0.4, 0.5) is 0 Å². The van der Waals surface area contributed by atoms with E-state index in [1.54, 1.807) is 18.5 Å². The standard InChI is InChI=1S/C18H23N3O3S/c1-14-19-18(13-20(14)2)25(23,24)21-10-6-9-16(12-21)17(22)11-15-7-4-3-5-8-15/h3-5,7-8,13,16H,6,9-12H2,1-2H3. The summed E-state index contributed by atoms with van der Waals surface area (Å²) >= 11 is 0. The largest absolute Gasteiger partial charge is 0.337 e. The molecule has 0 amide bonds. The van der Waals surface area contributed by atoms with Gasteiger partial charge in [-0.3, -0.25) is 4.79 Å². The molecule has 7 heteroatoms. The molecule has 1 aromatic carbocycles. The van der Waals surface area contributed by atoms with Crippen molar-refractivity contribution in [2.75, 3.05) is 13.1 Å². The molecule has 2 aromatic rings. The Morgan fingerprint density at radius 1 is 1.28 bits per heavy atom. The molecule has 0 spiro atoms. The number of hydrogen-bond acceptors (Lipinski definition) is 4. The van der Waals surface area contributed by atoms with Crippen LogP contribution in [0.25, 0.3) is 0 Å². The SMILES string of the molecule is Cc1nc(S(=O)(=O)N2CCCC(C(=O)Cc3ccccc3)C2)cn1C. The third kappa shape index (κ3) is 3.82. The van der Waals surface area contributed by atoms with Crippen LogP contribution in [-0.4, -0.2) is 41.1 Å². The number of aryl methyl sites for hydroxylation is 2. The monoisotopic (exact) mass is 361 g/mol. The number of carbonyl (C=O) groups is 1. The van der Waals surface area contributed by atoms with Gasteiger partial charge in [0.05, 0.1) is 0 Å². The number of rotatable bonds is 5. The Morgan fingerprint density at radius 3 is 2.64 bits per heavy atom. The highest BCUT2D eigenvalue weighted by Crippen LogP contribution is 2.24. The van der Waals surface area contributed by atoms with Gasteiger partial charge in [-0.25, -0.2) is 13.4 Å². The lowest BCUT2D eigenvalue weighted by Crippen LogP contribution is -2.42. The maximum absolute atomic E-state index is 12.8. The topological polar surface area (TPSA) is 72.3 Å². The maximum Gasteiger partial charge on any atom is 0.262 e. The summed E-state index contributed by atoms with van der Waals surface area (Å²) in [6.45, 7) is 2.44. The molecule has 0 aliphatic carbocycles. The van der Waals surface area contributed by atoms with Crippen molar-refractivity contribution in [2.24, 2.45) is 13.0 Å². The van der Waals surface area contributed by atoms with Crippen molar-refractivity contribution in [2.45, 2.75) is 31.2 Å². The lowest BCUT2D eigenvalue weighted by atomic mass is 9.91. The molecular formula is C18H23N3O3S. The first kappa shape index (κ1) is 17.8. The summed E-state index contributed by atoms with van der Waals surface area (Å²) in [6.07, 6.45) is 3.30. The first-order valence-electron chi connectivity index (χ1n) is 8.44. The van der Waals surface area contributed by atoms with E-state index in [1.807, 2.05) is 30.3 Å². The van der Waals surface area contributed by atoms with Crippen LogP contribution in [0.15, 0.2) is 41.6 Å². The number of carbonyl (C=O) groups excluding carboxylic acids is 1. The van der Waals surface area contributed by atoms with Gasteiger partial charge in [-0.2, -0.15) is 4.31 Å². The van der Waals surface area contributed by atoms with E-state index in [0.717, 1.165) is 12.0 Å². The van der Waals surface area contributed by atoms with Crippen LogP contribution in [0.3, 0.4) is 0 Å². The fraction of sp³-hybridized carbons (Fsp3) is 0.444. The number of ketones is 1. The van der Waals surface area contributed by atoms with Crippen LogP contribution in [0.1, 0.15) is 24.2 Å². The number of aromatic nitrogens is 2. The van der Waals surface area contributed by atoms with Crippen LogP contribution >= 0.6 is 0 Å². The quantitative estimate of drug-likeness (QED) is 0.816. The molecular weight excluding hydrogens is 338 g/mol. The highest BCUT2D eigenvalue weighted by Gasteiger charge is 2.34. The van der Waals surface area contributed by atoms with Crippen molar-refractivity contribution >= 4 is 15.8 Å². The number of piperidine rings is 1. The second-order valence-electron chi connectivity index (χ2n) is 6.57. The van der Waals surface area contributed by atoms with Gasteiger partial charge in [0.1, 0.15) is 11.6 Å². The fourth-order valence-electron chi connectivity index (χ4n) is 3.15. The Labute approximate surface area is 148 Å². The summed E-state index contributed by atoms with van der Waals surface area (Å²) < 4.78 is 28.7. The van der Waals surface area contributed by atoms with Gasteiger partial charge in [0.25, 0.3) is 10.0 Å². The lowest BCUT2D eigenvalue weighted by Gasteiger charge is -2.30. The zero-order valence-electron chi connectivity index (χ0n) is 14.6. The average molecular weight is 361 g/mol. The molecule has 1 aliphatic rings. The molecule has 0 saturated carbocycles. The molecule has 1 unspecified atom stereocenters. The van der Waals surface area contributed by atoms with E-state index in [1.165, 1.54) is 10.5 Å². The van der Waals surface area contributed by atoms with Gasteiger partial charge in [-0.15, -0.1) is 0 Å². The number of nitrogens with zero attached hydrogens (tertiary/aromatic N) is 3. The van der Waals surface area contributed by atoms with E-state index in [-0.39, 0.29) is 23.3 Å². The van der Waals surface area contributed by atoms with Gasteiger partial charge < -0.3 is 4.57 Å². The van der Waals surface area contributed by atoms with Gasteiger partial charge in [0.2, 0.25) is 0 Å². The van der Waals surface area contributed by atoms with E-state index in [0.29, 0.717) is 25.2 Å². The second-order valence-corrected chi connectivity index (χ2v) is 8.45. The highest BCUT2D eigenvalue weighted by molar-refractivity contribution is 7.89. The molecule has 3 rings (SSSR count). The number of Topliss-reactive ketones (excluding diaryl/α,β-unsaturated/α-hetero) is 1. The summed E-state index contributed by atoms with van der Waals surface area (Å²) in [4.78, 5) is 16.7. The van der Waals surface area contributed by atoms with Gasteiger partial charge in [0, 0.05) is 38.7 Å². The number of hydrogen-bond donors (Lipinski definition) is 0. The van der Waals surface area contributed by atoms with E-state index in [9.17, 15) is 13.2 Å². The molecule has 1 aromatic heterocycles. The molecule has 0 bridgehead atoms. The van der Waals surface area contributed by atoms with Gasteiger partial charge in [-0.05, 0) is 25.3 Å². The Balaban J connectivity index is 1.73. The Bertz CT molecular complexity index is 839. The normalized spacial score (nSPS) is 19.0. The minimum absolute atomic E-state index is 0.0589. The lowest BCUT2D eigenvalue weighted by molar-refractivity contribution is -0.123. The summed E-state index contributed by atoms with van der Waals surface area (Å²) in [5, 5.41) is 0.0589. The number of sulfonamides is 1. The predicted molar refractivity (Wildman–Crippen MR) is 94.6 cm³/mol. The van der Waals surface area contributed by atoms with E-state index in [2.05, 4.69) is 4.98 Å². The molecule has 1 atom stereocenters. The molecule has 25 heavy (non-hydrogen) atoms. The minimum atomic E-state index is -3.65. The zero-order chi connectivity index (χ0) is 18.0. The first-order chi connectivity index (χ1) is 11.9. The Kier molecular flexibility index (Phi) is 5.06. The van der Waals surface area contributed by atoms with E-state index >= 15 is 0 Å². The van der Waals surface area contributed by atoms with Gasteiger partial charge >= 0.3 is 0 Å². The minimum Gasteiger partial charge on any atom is -0.337 e. The average Bonchev–Trinajstić information content (AvgIpc) is 2.96. The number of imidazole rings is 1. The number of benzene rings is 1. The molecule has 134 valence electrons. The molecule has 1 aliphatic heterocycles. The molecule has 1 saturated heterocycles. The Hall–Kier alpha value is -1.99. The van der Waals surface area contributed by atoms with Crippen molar-refractivity contribution < 1.29 is 13.2 Å². The van der Waals surface area contributed by atoms with Gasteiger partial charge in [-0.1, -0.05) is 30.3 Å². The highest BCUT2D eigenvalue weighted by atomic mass is 32.2. The van der Waals surface area contributed by atoms with E-state index in [4.69, 9.17) is 0 Å². The van der Waals surface area contributed by atoms with Crippen LogP contribution in [0.5, 0.6) is 0 Å². The van der Waals surface area contributed by atoms with E-state index < -0.39 is 10.0 Å². The van der Waals surface area contributed by atoms with Crippen LogP contribution in [-0.2, 0) is 28.3 Å². The summed E-state index contributed by atoms with van der Waals surface area (Å²) in [7, 11) is -1.89. The first-order valence-corrected chi connectivity index (χ1v) is 9.88. The van der Waals surface area contributed by atoms with Crippen LogP contribution in [0.2, 0.25) is 0 Å². The molecule has 6 nitrogen and oxygen atoms in total. The summed E-state index contributed by atoms with van der Waals surface area (Å²) in [5.41, 5.74) is 0.966. The van der Waals surface area contributed by atoms with Crippen molar-refractivity contribution in [3.8, 4) is 0 Å². The van der Waals surface area contributed by atoms with Gasteiger partial charge in [0.15, 0.2) is 5.03 Å².